The summed E-state index contributed by atoms with van der Waals surface area (Å²) in [4.78, 5) is 5.30. The normalized spacial score (nSPS) is 13.6. The molecule has 57 heavy (non-hydrogen) atoms. The molecule has 0 bridgehead atoms. The van der Waals surface area contributed by atoms with Crippen molar-refractivity contribution in [3.05, 3.63) is 181 Å². The molecule has 1 heterocycles. The highest BCUT2D eigenvalue weighted by molar-refractivity contribution is 6.67. The molecule has 0 fully saturated rings. The lowest BCUT2D eigenvalue weighted by molar-refractivity contribution is 0.660. The van der Waals surface area contributed by atoms with Crippen LogP contribution in [0.3, 0.4) is 0 Å². The summed E-state index contributed by atoms with van der Waals surface area (Å²) in [7, 11) is 11.6. The summed E-state index contributed by atoms with van der Waals surface area (Å²) in [6, 6.07) is 60.6. The van der Waals surface area contributed by atoms with Gasteiger partial charge in [0.05, 0.1) is 40.3 Å². The highest BCUT2D eigenvalue weighted by atomic mass is 15.1. The molecule has 0 amide bonds. The van der Waals surface area contributed by atoms with Crippen molar-refractivity contribution >= 4 is 71.8 Å². The number of aromatic nitrogens is 2. The molecular weight excluding hydrogens is 683 g/mol. The zero-order chi connectivity index (χ0) is 39.3. The van der Waals surface area contributed by atoms with Crippen molar-refractivity contribution < 1.29 is 0 Å². The van der Waals surface area contributed by atoms with E-state index in [1.165, 1.54) is 77.2 Å². The molecule has 0 saturated carbocycles. The van der Waals surface area contributed by atoms with Crippen LogP contribution in [-0.4, -0.2) is 48.8 Å². The third kappa shape index (κ3) is 5.35. The molecule has 7 heteroatoms. The lowest BCUT2D eigenvalue weighted by atomic mass is 9.23. The van der Waals surface area contributed by atoms with E-state index in [2.05, 4.69) is 221 Å². The van der Waals surface area contributed by atoms with Crippen LogP contribution in [0.2, 0.25) is 5.11 Å². The van der Waals surface area contributed by atoms with Gasteiger partial charge in [0.25, 0.3) is 0 Å². The second kappa shape index (κ2) is 12.8. The Hall–Kier alpha value is -5.93. The molecule has 1 aliphatic carbocycles. The van der Waals surface area contributed by atoms with Crippen LogP contribution in [0, 0.1) is 0 Å². The summed E-state index contributed by atoms with van der Waals surface area (Å²) < 4.78 is 2.41. The van der Waals surface area contributed by atoms with Crippen molar-refractivity contribution in [2.45, 2.75) is 29.6 Å². The van der Waals surface area contributed by atoms with Crippen molar-refractivity contribution in [3.8, 4) is 50.2 Å². The molecule has 0 N–H and O–H groups in total. The molecule has 0 aliphatic heterocycles. The van der Waals surface area contributed by atoms with Gasteiger partial charge >= 0.3 is 0 Å². The Morgan fingerprint density at radius 2 is 0.965 bits per heavy atom. The third-order valence-corrected chi connectivity index (χ3v) is 13.4. The third-order valence-electron chi connectivity index (χ3n) is 13.4. The maximum atomic E-state index is 5.30. The van der Waals surface area contributed by atoms with Gasteiger partial charge in [0.15, 0.2) is 0 Å². The van der Waals surface area contributed by atoms with Crippen molar-refractivity contribution in [1.29, 1.82) is 0 Å². The van der Waals surface area contributed by atoms with Crippen LogP contribution in [-0.2, 0) is 10.6 Å². The molecule has 0 unspecified atom stereocenters. The van der Waals surface area contributed by atoms with Crippen molar-refractivity contribution in [2.24, 2.45) is 0 Å². The minimum Gasteiger partial charge on any atom is -0.296 e. The first kappa shape index (κ1) is 35.5. The molecular formula is C50H43B5N2. The predicted molar refractivity (Wildman–Crippen MR) is 257 cm³/mol. The molecule has 8 aromatic carbocycles. The van der Waals surface area contributed by atoms with E-state index in [1.807, 2.05) is 0 Å². The van der Waals surface area contributed by atoms with Crippen LogP contribution in [0.4, 0.5) is 0 Å². The van der Waals surface area contributed by atoms with Crippen molar-refractivity contribution in [1.82, 2.24) is 9.55 Å². The molecule has 0 spiro atoms. The first-order valence-corrected chi connectivity index (χ1v) is 20.3. The molecule has 0 radical (unpaired) electrons. The van der Waals surface area contributed by atoms with Gasteiger partial charge in [0.2, 0.25) is 0 Å². The van der Waals surface area contributed by atoms with Crippen LogP contribution < -0.4 is 0 Å². The molecule has 1 aliphatic rings. The van der Waals surface area contributed by atoms with Crippen LogP contribution in [0.5, 0.6) is 0 Å². The summed E-state index contributed by atoms with van der Waals surface area (Å²) in [5, 5.41) is 4.87. The first-order valence-electron chi connectivity index (χ1n) is 20.3. The minimum absolute atomic E-state index is 0.00714. The van der Waals surface area contributed by atoms with E-state index in [0.29, 0.717) is 0 Å². The molecule has 1 aromatic heterocycles. The Morgan fingerprint density at radius 3 is 1.61 bits per heavy atom. The predicted octanol–water partition coefficient (Wildman–Crippen LogP) is 8.03. The number of hydrogen-bond donors (Lipinski definition) is 0. The second-order valence-electron chi connectivity index (χ2n) is 18.0. The number of benzene rings is 8. The van der Waals surface area contributed by atoms with Crippen molar-refractivity contribution in [2.75, 3.05) is 0 Å². The first-order chi connectivity index (χ1) is 27.4. The maximum Gasteiger partial charge on any atom is 0.106 e. The summed E-state index contributed by atoms with van der Waals surface area (Å²) in [6.07, 6.45) is 0. The SMILES string of the molecule is BC(B)(B)C(B)(B)c1nc2ccccc2n1-c1ccccc1-c1ccc(-c2c3ccccc3c(-c3ccc4c(c3)C(C)(C)c3ccccc3-4)c3ccccc23)cc1. The molecule has 0 atom stereocenters. The molecule has 0 saturated heterocycles. The highest BCUT2D eigenvalue weighted by Crippen LogP contribution is 2.51. The van der Waals surface area contributed by atoms with Gasteiger partial charge in [-0.15, -0.1) is 5.11 Å². The quantitative estimate of drug-likeness (QED) is 0.126. The van der Waals surface area contributed by atoms with Gasteiger partial charge in [-0.2, -0.15) is 0 Å². The number of hydrogen-bond acceptors (Lipinski definition) is 1. The van der Waals surface area contributed by atoms with E-state index in [4.69, 9.17) is 4.98 Å². The maximum absolute atomic E-state index is 5.30. The summed E-state index contributed by atoms with van der Waals surface area (Å²) in [5.41, 5.74) is 16.1. The van der Waals surface area contributed by atoms with E-state index in [0.717, 1.165) is 22.5 Å². The second-order valence-corrected chi connectivity index (χ2v) is 18.0. The summed E-state index contributed by atoms with van der Waals surface area (Å²) >= 11 is 0. The fraction of sp³-hybridized carbons (Fsp3) is 0.100. The van der Waals surface area contributed by atoms with Gasteiger partial charge in [-0.25, -0.2) is 4.98 Å². The van der Waals surface area contributed by atoms with Crippen molar-refractivity contribution in [3.63, 3.8) is 0 Å². The topological polar surface area (TPSA) is 17.8 Å². The van der Waals surface area contributed by atoms with Gasteiger partial charge < -0.3 is 0 Å². The zero-order valence-corrected chi connectivity index (χ0v) is 34.0. The Kier molecular flexibility index (Phi) is 7.97. The van der Waals surface area contributed by atoms with E-state index in [1.54, 1.807) is 0 Å². The van der Waals surface area contributed by atoms with Gasteiger partial charge in [0.1, 0.15) is 21.5 Å². The number of para-hydroxylation sites is 3. The van der Waals surface area contributed by atoms with Crippen LogP contribution in [0.1, 0.15) is 30.8 Å². The standard InChI is InChI=1S/C50H43B5N2/c1-48(2)40-19-9-7-14-34(40)35-28-27-32(29-41(35)48)46-38-17-5-3-15-36(38)45(37-16-4-6-18-39(37)46)31-25-23-30(24-26-31)33-13-8-11-21-43(33)57-44-22-12-10-20-42(44)56-47(57)49(51,52)50(53,54)55/h3-29H,51-55H2,1-2H3. The molecule has 2 nitrogen and oxygen atoms in total. The van der Waals surface area contributed by atoms with E-state index in [9.17, 15) is 0 Å². The van der Waals surface area contributed by atoms with Gasteiger partial charge in [0, 0.05) is 11.0 Å². The highest BCUT2D eigenvalue weighted by Gasteiger charge is 2.39. The summed E-state index contributed by atoms with van der Waals surface area (Å²) in [5.74, 6) is 1.08. The molecule has 268 valence electrons. The average molecular weight is 726 g/mol. The minimum atomic E-state index is -0.196. The fourth-order valence-electron chi connectivity index (χ4n) is 9.36. The monoisotopic (exact) mass is 726 g/mol. The Balaban J connectivity index is 1.13. The molecule has 9 aromatic rings. The van der Waals surface area contributed by atoms with Crippen LogP contribution >= 0.6 is 0 Å². The lowest BCUT2D eigenvalue weighted by Gasteiger charge is -2.39. The van der Waals surface area contributed by atoms with Crippen LogP contribution in [0.15, 0.2) is 164 Å². The summed E-state index contributed by atoms with van der Waals surface area (Å²) in [6.45, 7) is 4.73. The van der Waals surface area contributed by atoms with Gasteiger partial charge in [-0.05, 0) is 101 Å². The van der Waals surface area contributed by atoms with Crippen LogP contribution in [0.25, 0.3) is 82.8 Å². The zero-order valence-electron chi connectivity index (χ0n) is 34.0. The number of fused-ring (bicyclic) bond motifs is 6. The fourth-order valence-corrected chi connectivity index (χ4v) is 9.36. The number of rotatable bonds is 6. The van der Waals surface area contributed by atoms with Gasteiger partial charge in [-0.1, -0.05) is 153 Å². The van der Waals surface area contributed by atoms with Gasteiger partial charge in [-0.3, -0.25) is 4.57 Å². The van der Waals surface area contributed by atoms with E-state index < -0.39 is 0 Å². The Labute approximate surface area is 340 Å². The molecule has 10 rings (SSSR count). The largest absolute Gasteiger partial charge is 0.296 e. The van der Waals surface area contributed by atoms with E-state index in [-0.39, 0.29) is 15.7 Å². The number of nitrogens with zero attached hydrogens (tertiary/aromatic N) is 2. The number of imidazole rings is 1. The van der Waals surface area contributed by atoms with E-state index >= 15 is 0 Å². The Morgan fingerprint density at radius 1 is 0.474 bits per heavy atom. The smallest absolute Gasteiger partial charge is 0.106 e. The average Bonchev–Trinajstić information content (AvgIpc) is 3.72. The Bertz CT molecular complexity index is 3010. The lowest BCUT2D eigenvalue weighted by Crippen LogP contribution is -2.45.